The maximum absolute atomic E-state index is 5.16. The minimum atomic E-state index is 0.667. The van der Waals surface area contributed by atoms with Crippen molar-refractivity contribution in [2.24, 2.45) is 0 Å². The van der Waals surface area contributed by atoms with E-state index in [9.17, 15) is 0 Å². The topological polar surface area (TPSA) is 9.23 Å². The molecule has 0 heterocycles. The van der Waals surface area contributed by atoms with Gasteiger partial charge in [-0.15, -0.1) is 6.58 Å². The van der Waals surface area contributed by atoms with Gasteiger partial charge in [0, 0.05) is 0 Å². The molecular weight excluding hydrogens is 124 g/mol. The Hall–Kier alpha value is -0.560. The quantitative estimate of drug-likeness (QED) is 0.407. The Morgan fingerprint density at radius 3 is 2.80 bits per heavy atom. The fourth-order valence-corrected chi connectivity index (χ4v) is 0.603. The Morgan fingerprint density at radius 2 is 2.20 bits per heavy atom. The molecule has 0 aliphatic carbocycles. The van der Waals surface area contributed by atoms with Crippen LogP contribution in [0.1, 0.15) is 19.8 Å². The minimum absolute atomic E-state index is 0.667. The first-order valence-electron chi connectivity index (χ1n) is 3.75. The summed E-state index contributed by atoms with van der Waals surface area (Å²) in [5.41, 5.74) is 0. The molecular formula is C9H16O. The zero-order valence-electron chi connectivity index (χ0n) is 6.68. The predicted molar refractivity (Wildman–Crippen MR) is 45.1 cm³/mol. The molecule has 0 saturated heterocycles. The largest absolute Gasteiger partial charge is 0.377 e. The van der Waals surface area contributed by atoms with Crippen LogP contribution < -0.4 is 0 Å². The molecule has 0 aliphatic heterocycles. The van der Waals surface area contributed by atoms with Gasteiger partial charge in [0.15, 0.2) is 0 Å². The standard InChI is InChI=1S/C9H16O/c1-3-5-6-7-9-10-8-4-2/h4-6H,2-3,7-9H2,1H3/b6-5+. The number of ether oxygens (including phenoxy) is 1. The van der Waals surface area contributed by atoms with E-state index in [0.717, 1.165) is 19.4 Å². The van der Waals surface area contributed by atoms with Crippen LogP contribution >= 0.6 is 0 Å². The fraction of sp³-hybridized carbons (Fsp3) is 0.556. The average Bonchev–Trinajstić information content (AvgIpc) is 1.97. The fourth-order valence-electron chi connectivity index (χ4n) is 0.603. The first-order chi connectivity index (χ1) is 4.91. The molecule has 0 N–H and O–H groups in total. The summed E-state index contributed by atoms with van der Waals surface area (Å²) in [7, 11) is 0. The van der Waals surface area contributed by atoms with Crippen molar-refractivity contribution in [1.29, 1.82) is 0 Å². The summed E-state index contributed by atoms with van der Waals surface area (Å²) in [5.74, 6) is 0. The lowest BCUT2D eigenvalue weighted by molar-refractivity contribution is 0.167. The zero-order chi connectivity index (χ0) is 7.66. The van der Waals surface area contributed by atoms with Crippen molar-refractivity contribution in [2.45, 2.75) is 19.8 Å². The van der Waals surface area contributed by atoms with Gasteiger partial charge in [0.1, 0.15) is 0 Å². The molecule has 10 heavy (non-hydrogen) atoms. The van der Waals surface area contributed by atoms with Crippen LogP contribution in [0.15, 0.2) is 24.8 Å². The van der Waals surface area contributed by atoms with Crippen molar-refractivity contribution in [3.8, 4) is 0 Å². The number of rotatable bonds is 6. The SMILES string of the molecule is C=CCOCC/C=C/CC. The highest BCUT2D eigenvalue weighted by molar-refractivity contribution is 4.79. The van der Waals surface area contributed by atoms with E-state index in [1.54, 1.807) is 6.08 Å². The molecule has 0 rings (SSSR count). The molecule has 0 amide bonds. The van der Waals surface area contributed by atoms with Crippen molar-refractivity contribution in [3.05, 3.63) is 24.8 Å². The van der Waals surface area contributed by atoms with Gasteiger partial charge in [0.25, 0.3) is 0 Å². The van der Waals surface area contributed by atoms with Gasteiger partial charge in [0.2, 0.25) is 0 Å². The molecule has 0 fully saturated rings. The van der Waals surface area contributed by atoms with Gasteiger partial charge in [0.05, 0.1) is 13.2 Å². The van der Waals surface area contributed by atoms with E-state index < -0.39 is 0 Å². The second-order valence-electron chi connectivity index (χ2n) is 2.03. The van der Waals surface area contributed by atoms with Crippen LogP contribution in [0.25, 0.3) is 0 Å². The van der Waals surface area contributed by atoms with E-state index in [0.29, 0.717) is 6.61 Å². The molecule has 0 spiro atoms. The van der Waals surface area contributed by atoms with E-state index in [4.69, 9.17) is 4.74 Å². The Kier molecular flexibility index (Phi) is 7.97. The lowest BCUT2D eigenvalue weighted by Gasteiger charge is -1.94. The van der Waals surface area contributed by atoms with E-state index in [2.05, 4.69) is 25.7 Å². The third kappa shape index (κ3) is 7.44. The molecule has 0 aromatic rings. The highest BCUT2D eigenvalue weighted by Crippen LogP contribution is 1.87. The molecule has 0 atom stereocenters. The van der Waals surface area contributed by atoms with E-state index in [1.807, 2.05) is 0 Å². The van der Waals surface area contributed by atoms with Crippen LogP contribution in [-0.4, -0.2) is 13.2 Å². The van der Waals surface area contributed by atoms with Gasteiger partial charge in [-0.1, -0.05) is 25.2 Å². The van der Waals surface area contributed by atoms with Crippen molar-refractivity contribution in [1.82, 2.24) is 0 Å². The normalized spacial score (nSPS) is 10.5. The van der Waals surface area contributed by atoms with Crippen LogP contribution in [-0.2, 0) is 4.74 Å². The van der Waals surface area contributed by atoms with Gasteiger partial charge in [-0.05, 0) is 12.8 Å². The van der Waals surface area contributed by atoms with Crippen molar-refractivity contribution >= 4 is 0 Å². The van der Waals surface area contributed by atoms with Crippen molar-refractivity contribution in [3.63, 3.8) is 0 Å². The van der Waals surface area contributed by atoms with Gasteiger partial charge in [-0.3, -0.25) is 0 Å². The molecule has 58 valence electrons. The van der Waals surface area contributed by atoms with Crippen LogP contribution in [0.3, 0.4) is 0 Å². The average molecular weight is 140 g/mol. The Bertz CT molecular complexity index is 94.9. The van der Waals surface area contributed by atoms with Crippen LogP contribution in [0, 0.1) is 0 Å². The van der Waals surface area contributed by atoms with Gasteiger partial charge < -0.3 is 4.74 Å². The smallest absolute Gasteiger partial charge is 0.0644 e. The summed E-state index contributed by atoms with van der Waals surface area (Å²) in [6, 6.07) is 0. The molecule has 0 saturated carbocycles. The summed E-state index contributed by atoms with van der Waals surface area (Å²) in [4.78, 5) is 0. The monoisotopic (exact) mass is 140 g/mol. The van der Waals surface area contributed by atoms with Crippen LogP contribution in [0.4, 0.5) is 0 Å². The lowest BCUT2D eigenvalue weighted by Crippen LogP contribution is -1.91. The van der Waals surface area contributed by atoms with E-state index >= 15 is 0 Å². The maximum Gasteiger partial charge on any atom is 0.0644 e. The van der Waals surface area contributed by atoms with Gasteiger partial charge in [-0.25, -0.2) is 0 Å². The molecule has 1 nitrogen and oxygen atoms in total. The molecule has 0 aromatic carbocycles. The van der Waals surface area contributed by atoms with Crippen LogP contribution in [0.5, 0.6) is 0 Å². The maximum atomic E-state index is 5.16. The van der Waals surface area contributed by atoms with E-state index in [1.165, 1.54) is 0 Å². The van der Waals surface area contributed by atoms with Gasteiger partial charge in [-0.2, -0.15) is 0 Å². The third-order valence-electron chi connectivity index (χ3n) is 1.07. The number of allylic oxidation sites excluding steroid dienone is 1. The second kappa shape index (κ2) is 8.44. The molecule has 0 unspecified atom stereocenters. The van der Waals surface area contributed by atoms with Crippen molar-refractivity contribution in [2.75, 3.05) is 13.2 Å². The Balaban J connectivity index is 2.89. The van der Waals surface area contributed by atoms with Gasteiger partial charge >= 0.3 is 0 Å². The highest BCUT2D eigenvalue weighted by Gasteiger charge is 1.79. The zero-order valence-corrected chi connectivity index (χ0v) is 6.68. The predicted octanol–water partition coefficient (Wildman–Crippen LogP) is 2.55. The van der Waals surface area contributed by atoms with Crippen molar-refractivity contribution < 1.29 is 4.74 Å². The third-order valence-corrected chi connectivity index (χ3v) is 1.07. The minimum Gasteiger partial charge on any atom is -0.377 e. The highest BCUT2D eigenvalue weighted by atomic mass is 16.5. The Morgan fingerprint density at radius 1 is 1.40 bits per heavy atom. The summed E-state index contributed by atoms with van der Waals surface area (Å²) in [6.07, 6.45) is 8.19. The molecule has 1 heteroatoms. The molecule has 0 bridgehead atoms. The summed E-state index contributed by atoms with van der Waals surface area (Å²) < 4.78 is 5.16. The molecule has 0 aliphatic rings. The molecule has 0 radical (unpaired) electrons. The summed E-state index contributed by atoms with van der Waals surface area (Å²) >= 11 is 0. The number of hydrogen-bond acceptors (Lipinski definition) is 1. The second-order valence-corrected chi connectivity index (χ2v) is 2.03. The first kappa shape index (κ1) is 9.44. The number of hydrogen-bond donors (Lipinski definition) is 0. The summed E-state index contributed by atoms with van der Waals surface area (Å²) in [5, 5.41) is 0. The van der Waals surface area contributed by atoms with E-state index in [-0.39, 0.29) is 0 Å². The first-order valence-corrected chi connectivity index (χ1v) is 3.75. The van der Waals surface area contributed by atoms with Crippen LogP contribution in [0.2, 0.25) is 0 Å². The lowest BCUT2D eigenvalue weighted by atomic mass is 10.3. The summed E-state index contributed by atoms with van der Waals surface area (Å²) in [6.45, 7) is 7.15. The Labute approximate surface area is 63.4 Å². The molecule has 0 aromatic heterocycles.